The molecule has 0 bridgehead atoms. The Morgan fingerprint density at radius 2 is 2.29 bits per heavy atom. The number of hydrogen-bond acceptors (Lipinski definition) is 2. The average molecular weight is 212 g/mol. The van der Waals surface area contributed by atoms with E-state index in [1.807, 2.05) is 0 Å². The Hall–Kier alpha value is -1.42. The van der Waals surface area contributed by atoms with E-state index in [9.17, 15) is 4.79 Å². The molecule has 74 valence electrons. The van der Waals surface area contributed by atoms with Crippen molar-refractivity contribution in [3.63, 3.8) is 0 Å². The van der Waals surface area contributed by atoms with Crippen LogP contribution in [0.4, 0.5) is 16.2 Å². The maximum absolute atomic E-state index is 11.4. The van der Waals surface area contributed by atoms with Crippen LogP contribution in [-0.4, -0.2) is 19.1 Å². The Morgan fingerprint density at radius 3 is 2.93 bits per heavy atom. The van der Waals surface area contributed by atoms with Gasteiger partial charge in [0.1, 0.15) is 0 Å². The van der Waals surface area contributed by atoms with Crippen LogP contribution in [0.1, 0.15) is 0 Å². The van der Waals surface area contributed by atoms with Gasteiger partial charge in [0.2, 0.25) is 0 Å². The van der Waals surface area contributed by atoms with E-state index in [4.69, 9.17) is 17.3 Å². The van der Waals surface area contributed by atoms with Gasteiger partial charge in [0.15, 0.2) is 0 Å². The van der Waals surface area contributed by atoms with Crippen molar-refractivity contribution in [3.8, 4) is 0 Å². The summed E-state index contributed by atoms with van der Waals surface area (Å²) in [6.45, 7) is 1.27. The van der Waals surface area contributed by atoms with E-state index >= 15 is 0 Å². The number of hydrogen-bond donors (Lipinski definition) is 2. The normalized spacial score (nSPS) is 15.8. The minimum Gasteiger partial charge on any atom is -0.397 e. The standard InChI is InChI=1S/C9H10ClN3O/c10-6-1-2-7(11)8(5-6)13-4-3-12-9(13)14/h1-2,5H,3-4,11H2,(H,12,14). The van der Waals surface area contributed by atoms with Gasteiger partial charge in [0, 0.05) is 18.1 Å². The van der Waals surface area contributed by atoms with E-state index in [1.54, 1.807) is 23.1 Å². The Balaban J connectivity index is 2.39. The van der Waals surface area contributed by atoms with Gasteiger partial charge in [0.25, 0.3) is 0 Å². The molecule has 1 heterocycles. The van der Waals surface area contributed by atoms with Gasteiger partial charge in [-0.3, -0.25) is 4.90 Å². The molecule has 4 nitrogen and oxygen atoms in total. The van der Waals surface area contributed by atoms with Crippen molar-refractivity contribution in [1.82, 2.24) is 5.32 Å². The molecule has 2 rings (SSSR count). The molecule has 1 saturated heterocycles. The second-order valence-corrected chi connectivity index (χ2v) is 3.52. The molecule has 0 aromatic heterocycles. The van der Waals surface area contributed by atoms with Crippen LogP contribution in [0, 0.1) is 0 Å². The number of nitrogen functional groups attached to an aromatic ring is 1. The molecule has 1 aliphatic heterocycles. The Labute approximate surface area is 86.6 Å². The van der Waals surface area contributed by atoms with Crippen molar-refractivity contribution < 1.29 is 4.79 Å². The first-order valence-corrected chi connectivity index (χ1v) is 4.66. The van der Waals surface area contributed by atoms with Gasteiger partial charge >= 0.3 is 6.03 Å². The fraction of sp³-hybridized carbons (Fsp3) is 0.222. The second-order valence-electron chi connectivity index (χ2n) is 3.09. The van der Waals surface area contributed by atoms with Crippen molar-refractivity contribution in [2.75, 3.05) is 23.7 Å². The van der Waals surface area contributed by atoms with Crippen molar-refractivity contribution in [2.24, 2.45) is 0 Å². The van der Waals surface area contributed by atoms with Crippen molar-refractivity contribution >= 4 is 29.0 Å². The molecule has 0 radical (unpaired) electrons. The largest absolute Gasteiger partial charge is 0.397 e. The van der Waals surface area contributed by atoms with Crippen molar-refractivity contribution in [3.05, 3.63) is 23.2 Å². The number of nitrogens with one attached hydrogen (secondary N) is 1. The van der Waals surface area contributed by atoms with E-state index in [0.29, 0.717) is 29.5 Å². The molecular weight excluding hydrogens is 202 g/mol. The number of carbonyl (C=O) groups is 1. The zero-order valence-corrected chi connectivity index (χ0v) is 8.21. The lowest BCUT2D eigenvalue weighted by atomic mass is 10.2. The summed E-state index contributed by atoms with van der Waals surface area (Å²) in [6.07, 6.45) is 0. The van der Waals surface area contributed by atoms with Gasteiger partial charge in [-0.05, 0) is 18.2 Å². The Bertz CT molecular complexity index is 380. The fourth-order valence-corrected chi connectivity index (χ4v) is 1.62. The Morgan fingerprint density at radius 1 is 1.50 bits per heavy atom. The zero-order valence-electron chi connectivity index (χ0n) is 7.46. The van der Waals surface area contributed by atoms with E-state index < -0.39 is 0 Å². The minimum atomic E-state index is -0.126. The molecule has 2 amide bonds. The van der Waals surface area contributed by atoms with Gasteiger partial charge in [-0.25, -0.2) is 4.79 Å². The van der Waals surface area contributed by atoms with Crippen LogP contribution in [0.15, 0.2) is 18.2 Å². The fourth-order valence-electron chi connectivity index (χ4n) is 1.45. The molecule has 3 N–H and O–H groups in total. The highest BCUT2D eigenvalue weighted by molar-refractivity contribution is 6.31. The second kappa shape index (κ2) is 3.38. The summed E-state index contributed by atoms with van der Waals surface area (Å²) >= 11 is 5.83. The number of amides is 2. The molecule has 0 unspecified atom stereocenters. The molecular formula is C9H10ClN3O. The molecule has 0 aliphatic carbocycles. The molecule has 1 aliphatic rings. The van der Waals surface area contributed by atoms with Crippen molar-refractivity contribution in [2.45, 2.75) is 0 Å². The van der Waals surface area contributed by atoms with Crippen LogP contribution in [0.2, 0.25) is 5.02 Å². The average Bonchev–Trinajstić information content (AvgIpc) is 2.56. The first kappa shape index (κ1) is 9.15. The van der Waals surface area contributed by atoms with Crippen LogP contribution < -0.4 is 16.0 Å². The highest BCUT2D eigenvalue weighted by Crippen LogP contribution is 2.27. The summed E-state index contributed by atoms with van der Waals surface area (Å²) in [6, 6.07) is 4.97. The topological polar surface area (TPSA) is 58.4 Å². The summed E-state index contributed by atoms with van der Waals surface area (Å²) in [5.41, 5.74) is 6.99. The van der Waals surface area contributed by atoms with E-state index in [2.05, 4.69) is 5.32 Å². The third-order valence-corrected chi connectivity index (χ3v) is 2.38. The number of nitrogens with two attached hydrogens (primary N) is 1. The summed E-state index contributed by atoms with van der Waals surface area (Å²) in [7, 11) is 0. The smallest absolute Gasteiger partial charge is 0.322 e. The predicted octanol–water partition coefficient (Wildman–Crippen LogP) is 1.45. The summed E-state index contributed by atoms with van der Waals surface area (Å²) in [5, 5.41) is 3.28. The highest BCUT2D eigenvalue weighted by Gasteiger charge is 2.22. The van der Waals surface area contributed by atoms with E-state index in [1.165, 1.54) is 0 Å². The number of carbonyl (C=O) groups excluding carboxylic acids is 1. The molecule has 0 spiro atoms. The van der Waals surface area contributed by atoms with E-state index in [0.717, 1.165) is 0 Å². The highest BCUT2D eigenvalue weighted by atomic mass is 35.5. The molecule has 14 heavy (non-hydrogen) atoms. The number of nitrogens with zero attached hydrogens (tertiary/aromatic N) is 1. The zero-order chi connectivity index (χ0) is 10.1. The molecule has 0 saturated carbocycles. The first-order valence-electron chi connectivity index (χ1n) is 4.29. The van der Waals surface area contributed by atoms with Gasteiger partial charge in [-0.1, -0.05) is 11.6 Å². The summed E-state index contributed by atoms with van der Waals surface area (Å²) < 4.78 is 0. The SMILES string of the molecule is Nc1ccc(Cl)cc1N1CCNC1=O. The molecule has 5 heteroatoms. The number of rotatable bonds is 1. The third kappa shape index (κ3) is 1.48. The Kier molecular flexibility index (Phi) is 2.21. The number of benzene rings is 1. The predicted molar refractivity (Wildman–Crippen MR) is 56.6 cm³/mol. The lowest BCUT2D eigenvalue weighted by Gasteiger charge is -2.16. The van der Waals surface area contributed by atoms with Crippen LogP contribution >= 0.6 is 11.6 Å². The molecule has 1 fully saturated rings. The minimum absolute atomic E-state index is 0.126. The van der Waals surface area contributed by atoms with Crippen LogP contribution in [0.3, 0.4) is 0 Å². The summed E-state index contributed by atoms with van der Waals surface area (Å²) in [5.74, 6) is 0. The number of anilines is 2. The third-order valence-electron chi connectivity index (χ3n) is 2.14. The van der Waals surface area contributed by atoms with Gasteiger partial charge < -0.3 is 11.1 Å². The monoisotopic (exact) mass is 211 g/mol. The van der Waals surface area contributed by atoms with Crippen LogP contribution in [0.25, 0.3) is 0 Å². The molecule has 1 aromatic carbocycles. The number of urea groups is 1. The van der Waals surface area contributed by atoms with Crippen LogP contribution in [-0.2, 0) is 0 Å². The first-order chi connectivity index (χ1) is 6.68. The molecule has 0 atom stereocenters. The van der Waals surface area contributed by atoms with Crippen LogP contribution in [0.5, 0.6) is 0 Å². The lowest BCUT2D eigenvalue weighted by molar-refractivity contribution is 0.252. The quantitative estimate of drug-likeness (QED) is 0.691. The maximum atomic E-state index is 11.4. The van der Waals surface area contributed by atoms with E-state index in [-0.39, 0.29) is 6.03 Å². The number of halogens is 1. The lowest BCUT2D eigenvalue weighted by Crippen LogP contribution is -2.28. The maximum Gasteiger partial charge on any atom is 0.322 e. The van der Waals surface area contributed by atoms with Crippen molar-refractivity contribution in [1.29, 1.82) is 0 Å². The van der Waals surface area contributed by atoms with Gasteiger partial charge in [-0.15, -0.1) is 0 Å². The summed E-state index contributed by atoms with van der Waals surface area (Å²) in [4.78, 5) is 12.9. The van der Waals surface area contributed by atoms with Gasteiger partial charge in [0.05, 0.1) is 11.4 Å². The molecule has 1 aromatic rings. The van der Waals surface area contributed by atoms with Gasteiger partial charge in [-0.2, -0.15) is 0 Å².